The third-order valence-electron chi connectivity index (χ3n) is 4.88. The second-order valence-corrected chi connectivity index (χ2v) is 6.65. The molecule has 25 heavy (non-hydrogen) atoms. The van der Waals surface area contributed by atoms with E-state index in [0.717, 1.165) is 31.2 Å². The molecule has 1 fully saturated rings. The first-order valence-corrected chi connectivity index (χ1v) is 8.63. The minimum atomic E-state index is -0.648. The molecule has 1 saturated carbocycles. The highest BCUT2D eigenvalue weighted by molar-refractivity contribution is 6.31. The number of ether oxygens (including phenoxy) is 1. The number of hydrogen-bond acceptors (Lipinski definition) is 3. The van der Waals surface area contributed by atoms with Gasteiger partial charge in [-0.1, -0.05) is 42.6 Å². The van der Waals surface area contributed by atoms with E-state index in [1.807, 2.05) is 24.3 Å². The molecule has 0 atom stereocenters. The molecule has 0 spiro atoms. The molecule has 1 aliphatic carbocycles. The second kappa shape index (κ2) is 7.16. The van der Waals surface area contributed by atoms with E-state index in [4.69, 9.17) is 16.3 Å². The van der Waals surface area contributed by atoms with Gasteiger partial charge in [-0.3, -0.25) is 4.79 Å². The minimum absolute atomic E-state index is 0.111. The Kier molecular flexibility index (Phi) is 4.96. The number of carbonyl (C=O) groups excluding carboxylic acids is 1. The molecule has 0 bridgehead atoms. The lowest BCUT2D eigenvalue weighted by atomic mass is 9.78. The van der Waals surface area contributed by atoms with Crippen molar-refractivity contribution in [2.75, 3.05) is 12.4 Å². The van der Waals surface area contributed by atoms with Crippen LogP contribution in [0.1, 0.15) is 36.8 Å². The number of amides is 1. The van der Waals surface area contributed by atoms with Crippen LogP contribution in [0.5, 0.6) is 5.75 Å². The van der Waals surface area contributed by atoms with Crippen LogP contribution >= 0.6 is 11.6 Å². The minimum Gasteiger partial charge on any atom is -0.497 e. The number of methoxy groups -OCH3 is 1. The zero-order valence-corrected chi connectivity index (χ0v) is 14.8. The van der Waals surface area contributed by atoms with Crippen molar-refractivity contribution in [3.8, 4) is 11.8 Å². The van der Waals surface area contributed by atoms with Crippen LogP contribution in [0.3, 0.4) is 0 Å². The van der Waals surface area contributed by atoms with Crippen molar-refractivity contribution < 1.29 is 9.53 Å². The van der Waals surface area contributed by atoms with Gasteiger partial charge in [0, 0.05) is 5.02 Å². The van der Waals surface area contributed by atoms with Crippen molar-refractivity contribution in [1.29, 1.82) is 5.26 Å². The summed E-state index contributed by atoms with van der Waals surface area (Å²) < 4.78 is 5.14. The zero-order chi connectivity index (χ0) is 17.9. The van der Waals surface area contributed by atoms with Crippen LogP contribution in [0.4, 0.5) is 5.69 Å². The molecule has 1 amide bonds. The van der Waals surface area contributed by atoms with Crippen molar-refractivity contribution in [3.63, 3.8) is 0 Å². The average molecular weight is 355 g/mol. The molecule has 0 heterocycles. The van der Waals surface area contributed by atoms with Crippen molar-refractivity contribution in [2.24, 2.45) is 0 Å². The van der Waals surface area contributed by atoms with Gasteiger partial charge in [0.2, 0.25) is 5.91 Å². The molecule has 1 N–H and O–H groups in total. The summed E-state index contributed by atoms with van der Waals surface area (Å²) >= 11 is 6.39. The molecule has 128 valence electrons. The van der Waals surface area contributed by atoms with Crippen molar-refractivity contribution >= 4 is 23.2 Å². The summed E-state index contributed by atoms with van der Waals surface area (Å²) in [6, 6.07) is 14.7. The lowest BCUT2D eigenvalue weighted by Gasteiger charge is -2.29. The Labute approximate surface area is 152 Å². The maximum atomic E-state index is 13.2. The van der Waals surface area contributed by atoms with Gasteiger partial charge in [-0.05, 0) is 42.7 Å². The molecule has 2 aromatic carbocycles. The van der Waals surface area contributed by atoms with E-state index < -0.39 is 5.41 Å². The Morgan fingerprint density at radius 2 is 1.96 bits per heavy atom. The number of hydrogen-bond donors (Lipinski definition) is 1. The van der Waals surface area contributed by atoms with E-state index in [1.54, 1.807) is 25.3 Å². The van der Waals surface area contributed by atoms with Crippen LogP contribution in [0, 0.1) is 11.3 Å². The SMILES string of the molecule is COc1ccc(NC(=O)C2(c3ccccc3Cl)CCCC2)c(C#N)c1. The van der Waals surface area contributed by atoms with Gasteiger partial charge in [0.15, 0.2) is 0 Å². The lowest BCUT2D eigenvalue weighted by Crippen LogP contribution is -2.38. The summed E-state index contributed by atoms with van der Waals surface area (Å²) in [5, 5.41) is 12.9. The predicted octanol–water partition coefficient (Wildman–Crippen LogP) is 4.67. The zero-order valence-electron chi connectivity index (χ0n) is 14.0. The average Bonchev–Trinajstić information content (AvgIpc) is 3.13. The van der Waals surface area contributed by atoms with Gasteiger partial charge < -0.3 is 10.1 Å². The van der Waals surface area contributed by atoms with E-state index in [2.05, 4.69) is 11.4 Å². The number of nitrogens with zero attached hydrogens (tertiary/aromatic N) is 1. The Morgan fingerprint density at radius 3 is 2.60 bits per heavy atom. The first-order valence-electron chi connectivity index (χ1n) is 8.25. The number of carbonyl (C=O) groups is 1. The van der Waals surface area contributed by atoms with Gasteiger partial charge in [-0.25, -0.2) is 0 Å². The van der Waals surface area contributed by atoms with Crippen LogP contribution in [-0.4, -0.2) is 13.0 Å². The van der Waals surface area contributed by atoms with E-state index in [1.165, 1.54) is 0 Å². The van der Waals surface area contributed by atoms with Crippen LogP contribution in [-0.2, 0) is 10.2 Å². The van der Waals surface area contributed by atoms with E-state index in [9.17, 15) is 10.1 Å². The highest BCUT2D eigenvalue weighted by atomic mass is 35.5. The maximum Gasteiger partial charge on any atom is 0.235 e. The van der Waals surface area contributed by atoms with Gasteiger partial charge in [0.05, 0.1) is 23.8 Å². The predicted molar refractivity (Wildman–Crippen MR) is 97.9 cm³/mol. The summed E-state index contributed by atoms with van der Waals surface area (Å²) in [6.07, 6.45) is 3.46. The monoisotopic (exact) mass is 354 g/mol. The molecular weight excluding hydrogens is 336 g/mol. The molecule has 0 aromatic heterocycles. The molecule has 1 aliphatic rings. The molecule has 4 nitrogen and oxygen atoms in total. The summed E-state index contributed by atoms with van der Waals surface area (Å²) in [5.74, 6) is 0.469. The van der Waals surface area contributed by atoms with E-state index >= 15 is 0 Å². The summed E-state index contributed by atoms with van der Waals surface area (Å²) in [5.41, 5.74) is 1.08. The Hall–Kier alpha value is -2.51. The Bertz CT molecular complexity index is 836. The van der Waals surface area contributed by atoms with Crippen molar-refractivity contribution in [3.05, 3.63) is 58.6 Å². The number of nitriles is 1. The summed E-state index contributed by atoms with van der Waals surface area (Å²) in [4.78, 5) is 13.2. The molecule has 5 heteroatoms. The molecule has 3 rings (SSSR count). The first kappa shape index (κ1) is 17.3. The third kappa shape index (κ3) is 3.20. The standard InChI is InChI=1S/C20H19ClN2O2/c1-25-15-8-9-18(14(12-15)13-22)23-19(24)20(10-4-5-11-20)16-6-2-3-7-17(16)21/h2-3,6-9,12H,4-5,10-11H2,1H3,(H,23,24). The molecule has 0 aliphatic heterocycles. The van der Waals surface area contributed by atoms with Gasteiger partial charge in [0.25, 0.3) is 0 Å². The van der Waals surface area contributed by atoms with Crippen molar-refractivity contribution in [2.45, 2.75) is 31.1 Å². The number of nitrogens with one attached hydrogen (secondary N) is 1. The largest absolute Gasteiger partial charge is 0.497 e. The molecule has 0 unspecified atom stereocenters. The van der Waals surface area contributed by atoms with E-state index in [0.29, 0.717) is 22.0 Å². The normalized spacial score (nSPS) is 15.4. The van der Waals surface area contributed by atoms with Gasteiger partial charge in [0.1, 0.15) is 11.8 Å². The van der Waals surface area contributed by atoms with Crippen LogP contribution in [0.2, 0.25) is 5.02 Å². The number of halogens is 1. The molecular formula is C20H19ClN2O2. The maximum absolute atomic E-state index is 13.2. The number of anilines is 1. The smallest absolute Gasteiger partial charge is 0.235 e. The molecule has 2 aromatic rings. The molecule has 0 radical (unpaired) electrons. The van der Waals surface area contributed by atoms with E-state index in [-0.39, 0.29) is 5.91 Å². The fourth-order valence-corrected chi connectivity index (χ4v) is 3.86. The van der Waals surface area contributed by atoms with Gasteiger partial charge >= 0.3 is 0 Å². The molecule has 0 saturated heterocycles. The van der Waals surface area contributed by atoms with Crippen LogP contribution in [0.25, 0.3) is 0 Å². The fraction of sp³-hybridized carbons (Fsp3) is 0.300. The van der Waals surface area contributed by atoms with Crippen LogP contribution in [0.15, 0.2) is 42.5 Å². The Balaban J connectivity index is 1.96. The first-order chi connectivity index (χ1) is 12.1. The second-order valence-electron chi connectivity index (χ2n) is 6.25. The Morgan fingerprint density at radius 1 is 1.24 bits per heavy atom. The highest BCUT2D eigenvalue weighted by Crippen LogP contribution is 2.44. The lowest BCUT2D eigenvalue weighted by molar-refractivity contribution is -0.121. The third-order valence-corrected chi connectivity index (χ3v) is 5.21. The van der Waals surface area contributed by atoms with Gasteiger partial charge in [-0.2, -0.15) is 5.26 Å². The fourth-order valence-electron chi connectivity index (χ4n) is 3.54. The quantitative estimate of drug-likeness (QED) is 0.867. The van der Waals surface area contributed by atoms with Crippen molar-refractivity contribution in [1.82, 2.24) is 0 Å². The van der Waals surface area contributed by atoms with Crippen LogP contribution < -0.4 is 10.1 Å². The van der Waals surface area contributed by atoms with Gasteiger partial charge in [-0.15, -0.1) is 0 Å². The number of benzene rings is 2. The summed E-state index contributed by atoms with van der Waals surface area (Å²) in [7, 11) is 1.54. The summed E-state index contributed by atoms with van der Waals surface area (Å²) in [6.45, 7) is 0. The highest BCUT2D eigenvalue weighted by Gasteiger charge is 2.44. The number of rotatable bonds is 4. The topological polar surface area (TPSA) is 62.1 Å².